The fourth-order valence-corrected chi connectivity index (χ4v) is 4.25. The number of benzene rings is 1. The zero-order valence-electron chi connectivity index (χ0n) is 14.5. The molecule has 2 heterocycles. The molecule has 0 bridgehead atoms. The summed E-state index contributed by atoms with van der Waals surface area (Å²) in [6.45, 7) is 3.62. The maximum absolute atomic E-state index is 12.4. The average molecular weight is 378 g/mol. The van der Waals surface area contributed by atoms with Gasteiger partial charge in [-0.2, -0.15) is 0 Å². The Labute approximate surface area is 158 Å². The molecule has 1 N–H and O–H groups in total. The number of urea groups is 1. The van der Waals surface area contributed by atoms with Gasteiger partial charge in [0.1, 0.15) is 0 Å². The third-order valence-electron chi connectivity index (χ3n) is 4.53. The van der Waals surface area contributed by atoms with E-state index >= 15 is 0 Å². The first kappa shape index (κ1) is 18.2. The predicted octanol–water partition coefficient (Wildman–Crippen LogP) is 4.21. The van der Waals surface area contributed by atoms with Gasteiger partial charge in [0.2, 0.25) is 0 Å². The molecule has 2 aromatic rings. The highest BCUT2D eigenvalue weighted by Gasteiger charge is 2.22. The van der Waals surface area contributed by atoms with Crippen LogP contribution in [-0.4, -0.2) is 42.0 Å². The van der Waals surface area contributed by atoms with E-state index in [-0.39, 0.29) is 12.1 Å². The van der Waals surface area contributed by atoms with Crippen LogP contribution in [0, 0.1) is 0 Å². The Bertz CT molecular complexity index is 683. The van der Waals surface area contributed by atoms with E-state index in [1.807, 2.05) is 25.2 Å². The van der Waals surface area contributed by atoms with Crippen LogP contribution in [0.1, 0.15) is 23.3 Å². The number of carbonyl (C=O) groups is 1. The van der Waals surface area contributed by atoms with Crippen molar-refractivity contribution < 1.29 is 4.79 Å². The van der Waals surface area contributed by atoms with Crippen LogP contribution >= 0.6 is 22.9 Å². The monoisotopic (exact) mass is 377 g/mol. The van der Waals surface area contributed by atoms with Crippen LogP contribution in [0.5, 0.6) is 0 Å². The molecule has 3 rings (SSSR count). The normalized spacial score (nSPS) is 15.9. The zero-order chi connectivity index (χ0) is 17.6. The molecule has 4 nitrogen and oxygen atoms in total. The van der Waals surface area contributed by atoms with Crippen molar-refractivity contribution in [3.8, 4) is 0 Å². The lowest BCUT2D eigenvalue weighted by Crippen LogP contribution is -2.47. The van der Waals surface area contributed by atoms with Crippen molar-refractivity contribution in [1.29, 1.82) is 0 Å². The van der Waals surface area contributed by atoms with Gasteiger partial charge < -0.3 is 10.2 Å². The second-order valence-corrected chi connectivity index (χ2v) is 8.35. The third kappa shape index (κ3) is 5.46. The molecule has 0 aliphatic carbocycles. The van der Waals surface area contributed by atoms with Crippen LogP contribution < -0.4 is 5.32 Å². The number of amides is 2. The summed E-state index contributed by atoms with van der Waals surface area (Å²) in [5, 5.41) is 3.16. The average Bonchev–Trinajstić information content (AvgIpc) is 3.02. The molecule has 0 unspecified atom stereocenters. The molecule has 0 saturated carbocycles. The smallest absolute Gasteiger partial charge is 0.317 e. The molecule has 134 valence electrons. The van der Waals surface area contributed by atoms with Crippen molar-refractivity contribution in [3.05, 3.63) is 57.2 Å². The van der Waals surface area contributed by atoms with Crippen LogP contribution in [0.15, 0.2) is 42.5 Å². The highest BCUT2D eigenvalue weighted by molar-refractivity contribution is 7.16. The minimum atomic E-state index is -0.00830. The molecule has 2 amide bonds. The molecular weight excluding hydrogens is 354 g/mol. The lowest BCUT2D eigenvalue weighted by atomic mass is 10.0. The van der Waals surface area contributed by atoms with Crippen LogP contribution in [0.2, 0.25) is 4.34 Å². The molecule has 0 spiro atoms. The lowest BCUT2D eigenvalue weighted by Gasteiger charge is -2.33. The molecule has 1 aliphatic heterocycles. The molecule has 25 heavy (non-hydrogen) atoms. The topological polar surface area (TPSA) is 35.6 Å². The molecule has 1 aromatic carbocycles. The quantitative estimate of drug-likeness (QED) is 0.847. The molecule has 1 saturated heterocycles. The highest BCUT2D eigenvalue weighted by Crippen LogP contribution is 2.22. The molecular formula is C19H24ClN3OS. The van der Waals surface area contributed by atoms with Crippen molar-refractivity contribution in [2.24, 2.45) is 0 Å². The minimum Gasteiger partial charge on any atom is -0.335 e. The van der Waals surface area contributed by atoms with Gasteiger partial charge in [-0.25, -0.2) is 4.79 Å². The number of halogens is 1. The van der Waals surface area contributed by atoms with Gasteiger partial charge >= 0.3 is 6.03 Å². The summed E-state index contributed by atoms with van der Waals surface area (Å²) in [5.74, 6) is 0. The van der Waals surface area contributed by atoms with E-state index in [1.165, 1.54) is 16.9 Å². The maximum Gasteiger partial charge on any atom is 0.317 e. The number of nitrogens with one attached hydrogen (secondary N) is 1. The van der Waals surface area contributed by atoms with Gasteiger partial charge in [-0.05, 0) is 30.5 Å². The van der Waals surface area contributed by atoms with Crippen LogP contribution in [0.3, 0.4) is 0 Å². The van der Waals surface area contributed by atoms with Crippen molar-refractivity contribution in [2.75, 3.05) is 20.1 Å². The van der Waals surface area contributed by atoms with Gasteiger partial charge in [0.25, 0.3) is 0 Å². The Morgan fingerprint density at radius 1 is 1.24 bits per heavy atom. The number of carbonyl (C=O) groups excluding carboxylic acids is 1. The summed E-state index contributed by atoms with van der Waals surface area (Å²) in [6, 6.07) is 14.6. The maximum atomic E-state index is 12.4. The summed E-state index contributed by atoms with van der Waals surface area (Å²) < 4.78 is 0.759. The zero-order valence-corrected chi connectivity index (χ0v) is 16.0. The second kappa shape index (κ2) is 8.70. The first-order chi connectivity index (χ1) is 12.1. The molecule has 0 atom stereocenters. The number of hydrogen-bond donors (Lipinski definition) is 1. The summed E-state index contributed by atoms with van der Waals surface area (Å²) in [7, 11) is 1.83. The Morgan fingerprint density at radius 2 is 1.96 bits per heavy atom. The van der Waals surface area contributed by atoms with Crippen LogP contribution in [0.25, 0.3) is 0 Å². The summed E-state index contributed by atoms with van der Waals surface area (Å²) in [6.07, 6.45) is 1.99. The fraction of sp³-hybridized carbons (Fsp3) is 0.421. The first-order valence-electron chi connectivity index (χ1n) is 8.62. The minimum absolute atomic E-state index is 0.00830. The van der Waals surface area contributed by atoms with Crippen molar-refractivity contribution in [3.63, 3.8) is 0 Å². The van der Waals surface area contributed by atoms with E-state index < -0.39 is 0 Å². The van der Waals surface area contributed by atoms with E-state index in [0.717, 1.165) is 41.7 Å². The summed E-state index contributed by atoms with van der Waals surface area (Å²) in [5.41, 5.74) is 1.35. The van der Waals surface area contributed by atoms with Gasteiger partial charge in [0.05, 0.1) is 10.9 Å². The molecule has 1 aromatic heterocycles. The predicted molar refractivity (Wildman–Crippen MR) is 104 cm³/mol. The standard InChI is InChI=1S/C19H24ClN3OS/c1-22(14-17-7-8-18(20)25-17)19(24)21-16-9-11-23(12-10-16)13-15-5-3-2-4-6-15/h2-8,16H,9-14H2,1H3,(H,21,24). The van der Waals surface area contributed by atoms with E-state index in [0.29, 0.717) is 6.54 Å². The Hall–Kier alpha value is -1.56. The summed E-state index contributed by atoms with van der Waals surface area (Å²) >= 11 is 7.46. The van der Waals surface area contributed by atoms with Gasteiger partial charge in [-0.15, -0.1) is 11.3 Å². The van der Waals surface area contributed by atoms with Crippen molar-refractivity contribution >= 4 is 29.0 Å². The van der Waals surface area contributed by atoms with Gasteiger partial charge in [-0.3, -0.25) is 4.90 Å². The highest BCUT2D eigenvalue weighted by atomic mass is 35.5. The van der Waals surface area contributed by atoms with Gasteiger partial charge in [0.15, 0.2) is 0 Å². The van der Waals surface area contributed by atoms with Crippen molar-refractivity contribution in [2.45, 2.75) is 32.0 Å². The first-order valence-corrected chi connectivity index (χ1v) is 9.82. The fourth-order valence-electron chi connectivity index (χ4n) is 3.10. The number of piperidine rings is 1. The Morgan fingerprint density at radius 3 is 2.60 bits per heavy atom. The van der Waals surface area contributed by atoms with Gasteiger partial charge in [0, 0.05) is 37.6 Å². The van der Waals surface area contributed by atoms with Gasteiger partial charge in [-0.1, -0.05) is 41.9 Å². The van der Waals surface area contributed by atoms with E-state index in [9.17, 15) is 4.79 Å². The third-order valence-corrected chi connectivity index (χ3v) is 5.75. The lowest BCUT2D eigenvalue weighted by molar-refractivity contribution is 0.173. The van der Waals surface area contributed by atoms with E-state index in [2.05, 4.69) is 34.5 Å². The van der Waals surface area contributed by atoms with Crippen LogP contribution in [0.4, 0.5) is 4.79 Å². The van der Waals surface area contributed by atoms with E-state index in [1.54, 1.807) is 4.90 Å². The molecule has 6 heteroatoms. The number of likely N-dealkylation sites (tertiary alicyclic amines) is 1. The van der Waals surface area contributed by atoms with Crippen LogP contribution in [-0.2, 0) is 13.1 Å². The number of nitrogens with zero attached hydrogens (tertiary/aromatic N) is 2. The number of rotatable bonds is 5. The largest absolute Gasteiger partial charge is 0.335 e. The second-order valence-electron chi connectivity index (χ2n) is 6.55. The SMILES string of the molecule is CN(Cc1ccc(Cl)s1)C(=O)NC1CCN(Cc2ccccc2)CC1. The number of hydrogen-bond acceptors (Lipinski definition) is 3. The summed E-state index contributed by atoms with van der Waals surface area (Å²) in [4.78, 5) is 17.6. The molecule has 1 aliphatic rings. The van der Waals surface area contributed by atoms with E-state index in [4.69, 9.17) is 11.6 Å². The Balaban J connectivity index is 1.41. The Kier molecular flexibility index (Phi) is 6.34. The molecule has 1 fully saturated rings. The number of thiophene rings is 1. The molecule has 0 radical (unpaired) electrons. The van der Waals surface area contributed by atoms with Crippen molar-refractivity contribution in [1.82, 2.24) is 15.1 Å².